The Labute approximate surface area is 178 Å². The summed E-state index contributed by atoms with van der Waals surface area (Å²) in [4.78, 5) is 38.3. The lowest BCUT2D eigenvalue weighted by atomic mass is 10.1. The molecule has 0 spiro atoms. The lowest BCUT2D eigenvalue weighted by Gasteiger charge is -2.28. The minimum Gasteiger partial charge on any atom is -0.339 e. The quantitative estimate of drug-likeness (QED) is 0.681. The van der Waals surface area contributed by atoms with E-state index in [0.29, 0.717) is 31.0 Å². The van der Waals surface area contributed by atoms with E-state index in [0.717, 1.165) is 54.0 Å². The van der Waals surface area contributed by atoms with Gasteiger partial charge in [0.25, 0.3) is 5.56 Å². The number of hydrogen-bond donors (Lipinski definition) is 1. The second-order valence-corrected chi connectivity index (χ2v) is 8.69. The van der Waals surface area contributed by atoms with Gasteiger partial charge >= 0.3 is 0 Å². The normalized spacial score (nSPS) is 17.0. The Balaban J connectivity index is 1.34. The van der Waals surface area contributed by atoms with Crippen LogP contribution in [-0.2, 0) is 19.5 Å². The van der Waals surface area contributed by atoms with Gasteiger partial charge in [0.2, 0.25) is 5.95 Å². The Kier molecular flexibility index (Phi) is 5.46. The van der Waals surface area contributed by atoms with Gasteiger partial charge in [-0.25, -0.2) is 15.0 Å². The van der Waals surface area contributed by atoms with Crippen molar-refractivity contribution in [3.63, 3.8) is 0 Å². The minimum absolute atomic E-state index is 0.0624. The van der Waals surface area contributed by atoms with E-state index in [1.807, 2.05) is 42.2 Å². The van der Waals surface area contributed by atoms with Crippen LogP contribution >= 0.6 is 11.8 Å². The monoisotopic (exact) mass is 421 g/mol. The predicted octanol–water partition coefficient (Wildman–Crippen LogP) is 1.73. The average molecular weight is 422 g/mol. The molecule has 0 saturated carbocycles. The highest BCUT2D eigenvalue weighted by Crippen LogP contribution is 2.20. The maximum atomic E-state index is 12.6. The highest BCUT2D eigenvalue weighted by Gasteiger charge is 2.22. The summed E-state index contributed by atoms with van der Waals surface area (Å²) < 4.78 is 0. The van der Waals surface area contributed by atoms with Crippen molar-refractivity contribution in [2.24, 2.45) is 0 Å². The Hall–Kier alpha value is -2.78. The van der Waals surface area contributed by atoms with Crippen LogP contribution in [0.25, 0.3) is 11.5 Å². The third kappa shape index (κ3) is 4.08. The summed E-state index contributed by atoms with van der Waals surface area (Å²) in [6.07, 6.45) is 4.23. The molecule has 0 amide bonds. The molecule has 1 N–H and O–H groups in total. The summed E-state index contributed by atoms with van der Waals surface area (Å²) in [7, 11) is 0. The van der Waals surface area contributed by atoms with Crippen LogP contribution < -0.4 is 10.5 Å². The highest BCUT2D eigenvalue weighted by molar-refractivity contribution is 7.99. The van der Waals surface area contributed by atoms with E-state index >= 15 is 0 Å². The van der Waals surface area contributed by atoms with Crippen LogP contribution in [0.3, 0.4) is 0 Å². The minimum atomic E-state index is -0.0624. The maximum Gasteiger partial charge on any atom is 0.254 e. The molecule has 1 fully saturated rings. The summed E-state index contributed by atoms with van der Waals surface area (Å²) in [5.74, 6) is 3.58. The van der Waals surface area contributed by atoms with Crippen molar-refractivity contribution in [3.05, 3.63) is 64.0 Å². The van der Waals surface area contributed by atoms with Crippen LogP contribution in [0.4, 0.5) is 5.95 Å². The van der Waals surface area contributed by atoms with Gasteiger partial charge in [0.15, 0.2) is 5.82 Å². The first-order valence-electron chi connectivity index (χ1n) is 10.2. The lowest BCUT2D eigenvalue weighted by molar-refractivity contribution is 0.237. The SMILES string of the molecule is O=c1[nH]c(-c2ccccn2)nc2c1CCN(Cc1ccnc(N3CCSCC3)n1)C2. The van der Waals surface area contributed by atoms with Gasteiger partial charge in [-0.05, 0) is 24.6 Å². The number of anilines is 1. The van der Waals surface area contributed by atoms with Gasteiger partial charge in [0.1, 0.15) is 5.69 Å². The Morgan fingerprint density at radius 3 is 2.77 bits per heavy atom. The molecule has 3 aromatic heterocycles. The first-order valence-corrected chi connectivity index (χ1v) is 11.3. The van der Waals surface area contributed by atoms with Crippen molar-refractivity contribution in [1.29, 1.82) is 0 Å². The van der Waals surface area contributed by atoms with E-state index in [-0.39, 0.29) is 5.56 Å². The van der Waals surface area contributed by atoms with Crippen molar-refractivity contribution in [2.45, 2.75) is 19.5 Å². The van der Waals surface area contributed by atoms with Crippen LogP contribution in [0.15, 0.2) is 41.5 Å². The summed E-state index contributed by atoms with van der Waals surface area (Å²) in [5.41, 5.74) is 3.21. The van der Waals surface area contributed by atoms with Crippen molar-refractivity contribution >= 4 is 17.7 Å². The largest absolute Gasteiger partial charge is 0.339 e. The molecule has 2 aliphatic rings. The zero-order chi connectivity index (χ0) is 20.3. The van der Waals surface area contributed by atoms with E-state index in [1.165, 1.54) is 0 Å². The average Bonchev–Trinajstić information content (AvgIpc) is 2.80. The molecule has 0 unspecified atom stereocenters. The van der Waals surface area contributed by atoms with Crippen LogP contribution in [-0.4, -0.2) is 61.0 Å². The number of hydrogen-bond acceptors (Lipinski definition) is 8. The van der Waals surface area contributed by atoms with E-state index in [4.69, 9.17) is 9.97 Å². The molecule has 5 heterocycles. The first kappa shape index (κ1) is 19.2. The van der Waals surface area contributed by atoms with Gasteiger partial charge < -0.3 is 9.88 Å². The number of nitrogens with one attached hydrogen (secondary N) is 1. The van der Waals surface area contributed by atoms with Gasteiger partial charge in [-0.3, -0.25) is 14.7 Å². The summed E-state index contributed by atoms with van der Waals surface area (Å²) >= 11 is 1.98. The molecule has 0 aromatic carbocycles. The lowest BCUT2D eigenvalue weighted by Crippen LogP contribution is -2.36. The van der Waals surface area contributed by atoms with E-state index < -0.39 is 0 Å². The van der Waals surface area contributed by atoms with Crippen molar-refractivity contribution < 1.29 is 0 Å². The Morgan fingerprint density at radius 2 is 1.93 bits per heavy atom. The van der Waals surface area contributed by atoms with Crippen LogP contribution in [0.1, 0.15) is 17.0 Å². The van der Waals surface area contributed by atoms with Crippen molar-refractivity contribution in [2.75, 3.05) is 36.0 Å². The van der Waals surface area contributed by atoms with E-state index in [1.54, 1.807) is 6.20 Å². The molecule has 9 heteroatoms. The van der Waals surface area contributed by atoms with Gasteiger partial charge in [-0.15, -0.1) is 0 Å². The second-order valence-electron chi connectivity index (χ2n) is 7.46. The third-order valence-corrected chi connectivity index (χ3v) is 6.38. The third-order valence-electron chi connectivity index (χ3n) is 5.44. The molecule has 5 rings (SSSR count). The number of pyridine rings is 1. The van der Waals surface area contributed by atoms with Crippen LogP contribution in [0.5, 0.6) is 0 Å². The van der Waals surface area contributed by atoms with Crippen LogP contribution in [0, 0.1) is 0 Å². The molecule has 0 bridgehead atoms. The highest BCUT2D eigenvalue weighted by atomic mass is 32.2. The number of thioether (sulfide) groups is 1. The van der Waals surface area contributed by atoms with Crippen LogP contribution in [0.2, 0.25) is 0 Å². The summed E-state index contributed by atoms with van der Waals surface area (Å²) in [6.45, 7) is 4.13. The molecular formula is C21H23N7OS. The molecule has 30 heavy (non-hydrogen) atoms. The number of nitrogens with zero attached hydrogens (tertiary/aromatic N) is 6. The molecule has 8 nitrogen and oxygen atoms in total. The Morgan fingerprint density at radius 1 is 1.03 bits per heavy atom. The molecule has 0 atom stereocenters. The van der Waals surface area contributed by atoms with Gasteiger partial charge in [-0.1, -0.05) is 6.07 Å². The van der Waals surface area contributed by atoms with Crippen molar-refractivity contribution in [1.82, 2.24) is 29.8 Å². The standard InChI is InChI=1S/C21H23N7OS/c29-20-16-5-8-27(14-18(16)25-19(26-20)17-3-1-2-6-22-17)13-15-4-7-23-21(24-15)28-9-11-30-12-10-28/h1-4,6-7H,5,8-14H2,(H,25,26,29). The van der Waals surface area contributed by atoms with E-state index in [9.17, 15) is 4.79 Å². The topological polar surface area (TPSA) is 90.9 Å². The van der Waals surface area contributed by atoms with Gasteiger partial charge in [0.05, 0.1) is 11.4 Å². The smallest absolute Gasteiger partial charge is 0.254 e. The molecule has 0 radical (unpaired) electrons. The molecule has 1 saturated heterocycles. The van der Waals surface area contributed by atoms with Gasteiger partial charge in [-0.2, -0.15) is 11.8 Å². The fourth-order valence-electron chi connectivity index (χ4n) is 3.87. The molecular weight excluding hydrogens is 398 g/mol. The number of aromatic nitrogens is 5. The zero-order valence-corrected chi connectivity index (χ0v) is 17.4. The fraction of sp³-hybridized carbons (Fsp3) is 0.381. The summed E-state index contributed by atoms with van der Waals surface area (Å²) in [6, 6.07) is 7.57. The van der Waals surface area contributed by atoms with Gasteiger partial charge in [0, 0.05) is 62.2 Å². The molecule has 154 valence electrons. The number of rotatable bonds is 4. The summed E-state index contributed by atoms with van der Waals surface area (Å²) in [5, 5.41) is 0. The zero-order valence-electron chi connectivity index (χ0n) is 16.6. The van der Waals surface area contributed by atoms with Crippen molar-refractivity contribution in [3.8, 4) is 11.5 Å². The molecule has 0 aliphatic carbocycles. The molecule has 3 aromatic rings. The number of aromatic amines is 1. The molecule has 2 aliphatic heterocycles. The second kappa shape index (κ2) is 8.53. The predicted molar refractivity (Wildman–Crippen MR) is 117 cm³/mol. The number of H-pyrrole nitrogens is 1. The fourth-order valence-corrected chi connectivity index (χ4v) is 4.77. The Bertz CT molecular complexity index is 1080. The first-order chi connectivity index (χ1) is 14.8. The van der Waals surface area contributed by atoms with E-state index in [2.05, 4.69) is 24.8 Å². The number of fused-ring (bicyclic) bond motifs is 1. The maximum absolute atomic E-state index is 12.6.